The van der Waals surface area contributed by atoms with Gasteiger partial charge in [-0.05, 0) is 51.7 Å². The van der Waals surface area contributed by atoms with Crippen LogP contribution in [0.5, 0.6) is 0 Å². The standard InChI is InChI=1S/C17H24N4/c1-19(2)17-9-6-11-20(14-17)13-15-10-12-21(18-15)16-7-4-3-5-8-16/h3-5,7-8,10,12,17H,6,9,11,13-14H2,1-2H3/t17-/m0/s1. The normalized spacial score (nSPS) is 20.0. The minimum atomic E-state index is 0.676. The number of para-hydroxylation sites is 1. The van der Waals surface area contributed by atoms with Crippen LogP contribution in [-0.2, 0) is 6.54 Å². The van der Waals surface area contributed by atoms with Crippen LogP contribution in [0.1, 0.15) is 18.5 Å². The second-order valence-electron chi connectivity index (χ2n) is 6.08. The van der Waals surface area contributed by atoms with Crippen molar-refractivity contribution in [2.45, 2.75) is 25.4 Å². The Labute approximate surface area is 127 Å². The number of benzene rings is 1. The molecule has 0 bridgehead atoms. The van der Waals surface area contributed by atoms with E-state index in [2.05, 4.69) is 48.3 Å². The maximum Gasteiger partial charge on any atom is 0.0769 e. The predicted molar refractivity (Wildman–Crippen MR) is 85.6 cm³/mol. The molecule has 1 saturated heterocycles. The lowest BCUT2D eigenvalue weighted by Gasteiger charge is -2.35. The molecule has 1 aromatic heterocycles. The van der Waals surface area contributed by atoms with Gasteiger partial charge in [-0.2, -0.15) is 5.10 Å². The molecule has 1 aliphatic rings. The van der Waals surface area contributed by atoms with E-state index < -0.39 is 0 Å². The molecule has 1 aromatic carbocycles. The van der Waals surface area contributed by atoms with Gasteiger partial charge in [0.05, 0.1) is 11.4 Å². The highest BCUT2D eigenvalue weighted by Crippen LogP contribution is 2.16. The molecule has 1 atom stereocenters. The van der Waals surface area contributed by atoms with Gasteiger partial charge >= 0.3 is 0 Å². The third-order valence-corrected chi connectivity index (χ3v) is 4.26. The summed E-state index contributed by atoms with van der Waals surface area (Å²) in [5.41, 5.74) is 2.27. The van der Waals surface area contributed by atoms with Crippen molar-refractivity contribution in [3.63, 3.8) is 0 Å². The molecule has 21 heavy (non-hydrogen) atoms. The molecule has 0 spiro atoms. The number of hydrogen-bond acceptors (Lipinski definition) is 3. The minimum absolute atomic E-state index is 0.676. The van der Waals surface area contributed by atoms with Crippen LogP contribution in [0.15, 0.2) is 42.6 Å². The maximum atomic E-state index is 4.71. The van der Waals surface area contributed by atoms with Crippen LogP contribution < -0.4 is 0 Å². The molecule has 1 aliphatic heterocycles. The van der Waals surface area contributed by atoms with Gasteiger partial charge in [-0.3, -0.25) is 4.90 Å². The van der Waals surface area contributed by atoms with Gasteiger partial charge in [0.25, 0.3) is 0 Å². The van der Waals surface area contributed by atoms with E-state index in [0.29, 0.717) is 6.04 Å². The van der Waals surface area contributed by atoms with Gasteiger partial charge in [-0.25, -0.2) is 4.68 Å². The van der Waals surface area contributed by atoms with E-state index >= 15 is 0 Å². The van der Waals surface area contributed by atoms with E-state index in [0.717, 1.165) is 24.5 Å². The van der Waals surface area contributed by atoms with Crippen LogP contribution in [0.2, 0.25) is 0 Å². The van der Waals surface area contributed by atoms with E-state index in [1.807, 2.05) is 22.9 Å². The smallest absolute Gasteiger partial charge is 0.0769 e. The van der Waals surface area contributed by atoms with Gasteiger partial charge < -0.3 is 4.90 Å². The summed E-state index contributed by atoms with van der Waals surface area (Å²) in [5, 5.41) is 4.71. The van der Waals surface area contributed by atoms with Crippen molar-refractivity contribution < 1.29 is 0 Å². The Hall–Kier alpha value is -1.65. The molecule has 0 radical (unpaired) electrons. The third kappa shape index (κ3) is 3.52. The maximum absolute atomic E-state index is 4.71. The SMILES string of the molecule is CN(C)[C@H]1CCCN(Cc2ccn(-c3ccccc3)n2)C1. The number of rotatable bonds is 4. The second-order valence-corrected chi connectivity index (χ2v) is 6.08. The van der Waals surface area contributed by atoms with Gasteiger partial charge in [0, 0.05) is 25.3 Å². The van der Waals surface area contributed by atoms with Crippen molar-refractivity contribution in [2.75, 3.05) is 27.2 Å². The molecule has 0 amide bonds. The Balaban J connectivity index is 1.65. The lowest BCUT2D eigenvalue weighted by Crippen LogP contribution is -2.44. The fourth-order valence-corrected chi connectivity index (χ4v) is 3.00. The molecule has 3 rings (SSSR count). The van der Waals surface area contributed by atoms with Crippen LogP contribution in [0.3, 0.4) is 0 Å². The molecule has 4 nitrogen and oxygen atoms in total. The summed E-state index contributed by atoms with van der Waals surface area (Å²) in [6, 6.07) is 13.1. The summed E-state index contributed by atoms with van der Waals surface area (Å²) < 4.78 is 1.96. The Morgan fingerprint density at radius 1 is 1.19 bits per heavy atom. The summed E-state index contributed by atoms with van der Waals surface area (Å²) in [4.78, 5) is 4.86. The summed E-state index contributed by atoms with van der Waals surface area (Å²) in [6.07, 6.45) is 4.64. The van der Waals surface area contributed by atoms with Crippen molar-refractivity contribution >= 4 is 0 Å². The van der Waals surface area contributed by atoms with Gasteiger partial charge in [-0.1, -0.05) is 18.2 Å². The van der Waals surface area contributed by atoms with Crippen molar-refractivity contribution in [1.82, 2.24) is 19.6 Å². The fraction of sp³-hybridized carbons (Fsp3) is 0.471. The van der Waals surface area contributed by atoms with Gasteiger partial charge in [-0.15, -0.1) is 0 Å². The zero-order chi connectivity index (χ0) is 14.7. The molecular weight excluding hydrogens is 260 g/mol. The molecule has 0 unspecified atom stereocenters. The molecule has 2 heterocycles. The number of nitrogens with zero attached hydrogens (tertiary/aromatic N) is 4. The van der Waals surface area contributed by atoms with Crippen molar-refractivity contribution in [3.05, 3.63) is 48.3 Å². The Bertz CT molecular complexity index is 561. The van der Waals surface area contributed by atoms with Crippen LogP contribution in [-0.4, -0.2) is 52.8 Å². The molecule has 2 aromatic rings. The molecule has 0 aliphatic carbocycles. The highest BCUT2D eigenvalue weighted by Gasteiger charge is 2.21. The quantitative estimate of drug-likeness (QED) is 0.861. The third-order valence-electron chi connectivity index (χ3n) is 4.26. The molecule has 4 heteroatoms. The fourth-order valence-electron chi connectivity index (χ4n) is 3.00. The van der Waals surface area contributed by atoms with Crippen LogP contribution in [0.4, 0.5) is 0 Å². The average molecular weight is 284 g/mol. The highest BCUT2D eigenvalue weighted by atomic mass is 15.3. The highest BCUT2D eigenvalue weighted by molar-refractivity contribution is 5.30. The molecular formula is C17H24N4. The van der Waals surface area contributed by atoms with Crippen LogP contribution in [0, 0.1) is 0 Å². The van der Waals surface area contributed by atoms with Crippen LogP contribution >= 0.6 is 0 Å². The minimum Gasteiger partial charge on any atom is -0.305 e. The van der Waals surface area contributed by atoms with E-state index in [1.54, 1.807) is 0 Å². The van der Waals surface area contributed by atoms with Crippen molar-refractivity contribution in [3.8, 4) is 5.69 Å². The lowest BCUT2D eigenvalue weighted by atomic mass is 10.0. The van der Waals surface area contributed by atoms with Gasteiger partial charge in [0.1, 0.15) is 0 Å². The van der Waals surface area contributed by atoms with Crippen molar-refractivity contribution in [1.29, 1.82) is 0 Å². The second kappa shape index (κ2) is 6.41. The molecule has 0 N–H and O–H groups in total. The predicted octanol–water partition coefficient (Wildman–Crippen LogP) is 2.40. The first kappa shape index (κ1) is 14.3. The molecule has 112 valence electrons. The molecule has 0 saturated carbocycles. The van der Waals surface area contributed by atoms with E-state index in [1.165, 1.54) is 19.4 Å². The average Bonchev–Trinajstić information content (AvgIpc) is 2.97. The Morgan fingerprint density at radius 3 is 2.76 bits per heavy atom. The van der Waals surface area contributed by atoms with E-state index in [9.17, 15) is 0 Å². The van der Waals surface area contributed by atoms with E-state index in [-0.39, 0.29) is 0 Å². The topological polar surface area (TPSA) is 24.3 Å². The summed E-state index contributed by atoms with van der Waals surface area (Å²) >= 11 is 0. The number of likely N-dealkylation sites (N-methyl/N-ethyl adjacent to an activating group) is 1. The monoisotopic (exact) mass is 284 g/mol. The van der Waals surface area contributed by atoms with Crippen LogP contribution in [0.25, 0.3) is 5.69 Å². The summed E-state index contributed by atoms with van der Waals surface area (Å²) in [6.45, 7) is 3.28. The first-order valence-electron chi connectivity index (χ1n) is 7.71. The molecule has 1 fully saturated rings. The zero-order valence-electron chi connectivity index (χ0n) is 12.9. The Kier molecular flexibility index (Phi) is 4.36. The van der Waals surface area contributed by atoms with Gasteiger partial charge in [0.2, 0.25) is 0 Å². The first-order valence-corrected chi connectivity index (χ1v) is 7.71. The largest absolute Gasteiger partial charge is 0.305 e. The summed E-state index contributed by atoms with van der Waals surface area (Å²) in [5.74, 6) is 0. The van der Waals surface area contributed by atoms with Gasteiger partial charge in [0.15, 0.2) is 0 Å². The Morgan fingerprint density at radius 2 is 2.00 bits per heavy atom. The number of aromatic nitrogens is 2. The number of piperidine rings is 1. The number of likely N-dealkylation sites (tertiary alicyclic amines) is 1. The zero-order valence-corrected chi connectivity index (χ0v) is 12.9. The lowest BCUT2D eigenvalue weighted by molar-refractivity contribution is 0.126. The number of hydrogen-bond donors (Lipinski definition) is 0. The first-order chi connectivity index (χ1) is 10.2. The summed E-state index contributed by atoms with van der Waals surface area (Å²) in [7, 11) is 4.36. The van der Waals surface area contributed by atoms with E-state index in [4.69, 9.17) is 5.10 Å². The van der Waals surface area contributed by atoms with Crippen molar-refractivity contribution in [2.24, 2.45) is 0 Å².